The monoisotopic (exact) mass is 342 g/mol. The van der Waals surface area contributed by atoms with E-state index in [1.165, 1.54) is 6.07 Å². The van der Waals surface area contributed by atoms with Gasteiger partial charge in [0.05, 0.1) is 23.8 Å². The summed E-state index contributed by atoms with van der Waals surface area (Å²) in [6.45, 7) is 0. The Morgan fingerprint density at radius 1 is 1.04 bits per heavy atom. The van der Waals surface area contributed by atoms with Gasteiger partial charge in [0.2, 0.25) is 0 Å². The molecule has 8 heteroatoms. The minimum absolute atomic E-state index is 0.00578. The van der Waals surface area contributed by atoms with Crippen LogP contribution in [0.3, 0.4) is 0 Å². The lowest BCUT2D eigenvalue weighted by molar-refractivity contribution is -0.137. The quantitative estimate of drug-likeness (QED) is 0.676. The number of methoxy groups -OCH3 is 1. The Morgan fingerprint density at radius 2 is 1.71 bits per heavy atom. The van der Waals surface area contributed by atoms with Crippen molar-refractivity contribution < 1.29 is 37.0 Å². The van der Waals surface area contributed by atoms with Gasteiger partial charge in [-0.3, -0.25) is 0 Å². The van der Waals surface area contributed by atoms with Gasteiger partial charge in [0.1, 0.15) is 5.82 Å². The number of hydrogen-bond donors (Lipinski definition) is 1. The van der Waals surface area contributed by atoms with Gasteiger partial charge in [-0.05, 0) is 41.5 Å². The van der Waals surface area contributed by atoms with E-state index in [2.05, 4.69) is 4.74 Å². The van der Waals surface area contributed by atoms with E-state index >= 15 is 0 Å². The number of alkyl halides is 3. The molecule has 0 aromatic heterocycles. The molecule has 0 amide bonds. The average molecular weight is 342 g/mol. The normalized spacial score (nSPS) is 11.2. The van der Waals surface area contributed by atoms with Gasteiger partial charge in [0, 0.05) is 0 Å². The highest BCUT2D eigenvalue weighted by Gasteiger charge is 2.32. The van der Waals surface area contributed by atoms with Crippen LogP contribution < -0.4 is 0 Å². The lowest BCUT2D eigenvalue weighted by atomic mass is 9.98. The fraction of sp³-hybridized carbons (Fsp3) is 0.125. The molecule has 0 radical (unpaired) electrons. The summed E-state index contributed by atoms with van der Waals surface area (Å²) in [6.07, 6.45) is -4.76. The maximum atomic E-state index is 13.9. The molecule has 0 fully saturated rings. The lowest BCUT2D eigenvalue weighted by Crippen LogP contribution is -2.08. The molecule has 0 bridgehead atoms. The number of halogens is 4. The van der Waals surface area contributed by atoms with E-state index in [4.69, 9.17) is 5.11 Å². The highest BCUT2D eigenvalue weighted by atomic mass is 19.4. The van der Waals surface area contributed by atoms with Gasteiger partial charge < -0.3 is 9.84 Å². The van der Waals surface area contributed by atoms with Gasteiger partial charge in [0.25, 0.3) is 0 Å². The number of aromatic carboxylic acids is 1. The summed E-state index contributed by atoms with van der Waals surface area (Å²) in [6, 6.07) is 5.29. The van der Waals surface area contributed by atoms with Crippen molar-refractivity contribution in [2.24, 2.45) is 0 Å². The molecule has 2 aromatic carbocycles. The number of benzene rings is 2. The van der Waals surface area contributed by atoms with Crippen molar-refractivity contribution in [2.45, 2.75) is 6.18 Å². The van der Waals surface area contributed by atoms with Crippen molar-refractivity contribution in [3.63, 3.8) is 0 Å². The Balaban J connectivity index is 2.59. The van der Waals surface area contributed by atoms with Crippen molar-refractivity contribution in [1.29, 1.82) is 0 Å². The predicted octanol–water partition coefficient (Wildman–Crippen LogP) is 4.00. The number of carboxylic acids is 1. The third-order valence-electron chi connectivity index (χ3n) is 3.22. The van der Waals surface area contributed by atoms with Crippen LogP contribution in [0.15, 0.2) is 36.4 Å². The number of carbonyl (C=O) groups excluding carboxylic acids is 1. The lowest BCUT2D eigenvalue weighted by Gasteiger charge is -2.11. The topological polar surface area (TPSA) is 63.6 Å². The zero-order valence-electron chi connectivity index (χ0n) is 12.1. The van der Waals surface area contributed by atoms with Crippen molar-refractivity contribution in [3.8, 4) is 11.1 Å². The smallest absolute Gasteiger partial charge is 0.416 e. The van der Waals surface area contributed by atoms with Crippen LogP contribution in [-0.4, -0.2) is 24.2 Å². The summed E-state index contributed by atoms with van der Waals surface area (Å²) in [5.41, 5.74) is -2.29. The second-order valence-electron chi connectivity index (χ2n) is 4.79. The molecule has 0 aliphatic carbocycles. The third kappa shape index (κ3) is 3.53. The Morgan fingerprint density at radius 3 is 2.21 bits per heavy atom. The maximum absolute atomic E-state index is 13.9. The number of carbonyl (C=O) groups is 2. The van der Waals surface area contributed by atoms with Crippen LogP contribution in [0.5, 0.6) is 0 Å². The molecular formula is C16H10F4O4. The zero-order valence-corrected chi connectivity index (χ0v) is 12.1. The van der Waals surface area contributed by atoms with E-state index in [-0.39, 0.29) is 16.7 Å². The van der Waals surface area contributed by atoms with Crippen LogP contribution in [0.1, 0.15) is 26.3 Å². The summed E-state index contributed by atoms with van der Waals surface area (Å²) in [5.74, 6) is -3.48. The fourth-order valence-electron chi connectivity index (χ4n) is 2.05. The van der Waals surface area contributed by atoms with Gasteiger partial charge in [-0.1, -0.05) is 6.07 Å². The maximum Gasteiger partial charge on any atom is 0.416 e. The van der Waals surface area contributed by atoms with Gasteiger partial charge in [-0.15, -0.1) is 0 Å². The number of hydrogen-bond acceptors (Lipinski definition) is 3. The highest BCUT2D eigenvalue weighted by molar-refractivity contribution is 5.91. The largest absolute Gasteiger partial charge is 0.478 e. The molecule has 0 heterocycles. The summed E-state index contributed by atoms with van der Waals surface area (Å²) >= 11 is 0. The Bertz CT molecular complexity index is 812. The predicted molar refractivity (Wildman–Crippen MR) is 75.1 cm³/mol. The number of ether oxygens (including phenoxy) is 1. The van der Waals surface area contributed by atoms with Crippen LogP contribution in [0.25, 0.3) is 11.1 Å². The molecule has 4 nitrogen and oxygen atoms in total. The molecule has 2 rings (SSSR count). The number of esters is 1. The second kappa shape index (κ2) is 6.31. The van der Waals surface area contributed by atoms with E-state index in [0.717, 1.165) is 25.3 Å². The minimum atomic E-state index is -4.76. The van der Waals surface area contributed by atoms with Crippen molar-refractivity contribution in [1.82, 2.24) is 0 Å². The van der Waals surface area contributed by atoms with Crippen LogP contribution >= 0.6 is 0 Å². The number of rotatable bonds is 3. The molecule has 1 N–H and O–H groups in total. The molecule has 0 saturated heterocycles. The Kier molecular flexibility index (Phi) is 4.59. The average Bonchev–Trinajstić information content (AvgIpc) is 2.52. The first-order valence-electron chi connectivity index (χ1n) is 6.47. The van der Waals surface area contributed by atoms with E-state index < -0.39 is 35.1 Å². The molecular weight excluding hydrogens is 332 g/mol. The molecule has 0 aliphatic rings. The first kappa shape index (κ1) is 17.5. The SMILES string of the molecule is COC(=O)c1ccc(-c2cc(C(=O)O)cc(C(F)(F)F)c2)cc1F. The van der Waals surface area contributed by atoms with Gasteiger partial charge >= 0.3 is 18.1 Å². The van der Waals surface area contributed by atoms with Gasteiger partial charge in [0.15, 0.2) is 0 Å². The molecule has 126 valence electrons. The summed E-state index contributed by atoms with van der Waals surface area (Å²) in [5, 5.41) is 8.95. The van der Waals surface area contributed by atoms with Crippen molar-refractivity contribution in [3.05, 3.63) is 58.9 Å². The minimum Gasteiger partial charge on any atom is -0.478 e. The summed E-state index contributed by atoms with van der Waals surface area (Å²) < 4.78 is 57.0. The highest BCUT2D eigenvalue weighted by Crippen LogP contribution is 2.34. The van der Waals surface area contributed by atoms with Gasteiger partial charge in [-0.25, -0.2) is 14.0 Å². The van der Waals surface area contributed by atoms with Crippen LogP contribution in [-0.2, 0) is 10.9 Å². The summed E-state index contributed by atoms with van der Waals surface area (Å²) in [4.78, 5) is 22.3. The molecule has 0 aliphatic heterocycles. The van der Waals surface area contributed by atoms with Crippen molar-refractivity contribution in [2.75, 3.05) is 7.11 Å². The third-order valence-corrected chi connectivity index (χ3v) is 3.22. The molecule has 0 atom stereocenters. The zero-order chi connectivity index (χ0) is 18.1. The first-order valence-corrected chi connectivity index (χ1v) is 6.47. The van der Waals surface area contributed by atoms with E-state index in [1.54, 1.807) is 0 Å². The molecule has 2 aromatic rings. The van der Waals surface area contributed by atoms with Gasteiger partial charge in [-0.2, -0.15) is 13.2 Å². The molecule has 0 spiro atoms. The fourth-order valence-corrected chi connectivity index (χ4v) is 2.05. The standard InChI is InChI=1S/C16H10F4O4/c1-24-15(23)12-3-2-8(7-13(12)17)9-4-10(14(21)22)6-11(5-9)16(18,19)20/h2-7H,1H3,(H,21,22). The molecule has 0 saturated carbocycles. The number of carboxylic acid groups (broad SMARTS) is 1. The van der Waals surface area contributed by atoms with Crippen LogP contribution in [0, 0.1) is 5.82 Å². The Hall–Kier alpha value is -2.90. The summed E-state index contributed by atoms with van der Waals surface area (Å²) in [7, 11) is 1.06. The van der Waals surface area contributed by atoms with E-state index in [9.17, 15) is 27.2 Å². The van der Waals surface area contributed by atoms with E-state index in [1.807, 2.05) is 0 Å². The molecule has 24 heavy (non-hydrogen) atoms. The second-order valence-corrected chi connectivity index (χ2v) is 4.79. The first-order chi connectivity index (χ1) is 11.1. The van der Waals surface area contributed by atoms with Crippen LogP contribution in [0.2, 0.25) is 0 Å². The van der Waals surface area contributed by atoms with Crippen molar-refractivity contribution >= 4 is 11.9 Å². The van der Waals surface area contributed by atoms with E-state index in [0.29, 0.717) is 12.1 Å². The molecule has 0 unspecified atom stereocenters. The van der Waals surface area contributed by atoms with Crippen LogP contribution in [0.4, 0.5) is 17.6 Å². The Labute approximate surface area is 133 Å².